The summed E-state index contributed by atoms with van der Waals surface area (Å²) in [5, 5.41) is 5.98. The van der Waals surface area contributed by atoms with E-state index in [0.717, 1.165) is 5.56 Å². The summed E-state index contributed by atoms with van der Waals surface area (Å²) in [6.45, 7) is 2.38. The number of carbonyl (C=O) groups is 2. The van der Waals surface area contributed by atoms with Crippen molar-refractivity contribution in [2.45, 2.75) is 6.92 Å². The van der Waals surface area contributed by atoms with Crippen LogP contribution in [0.15, 0.2) is 36.4 Å². The maximum Gasteiger partial charge on any atom is 0.256 e. The van der Waals surface area contributed by atoms with Crippen LogP contribution >= 0.6 is 23.2 Å². The summed E-state index contributed by atoms with van der Waals surface area (Å²) in [5.74, 6) is -0.393. The zero-order valence-electron chi connectivity index (χ0n) is 13.9. The van der Waals surface area contributed by atoms with Crippen molar-refractivity contribution in [3.05, 3.63) is 63.1 Å². The van der Waals surface area contributed by atoms with Gasteiger partial charge in [-0.3, -0.25) is 9.59 Å². The summed E-state index contributed by atoms with van der Waals surface area (Å²) in [4.78, 5) is 24.4. The number of methoxy groups -OCH3 is 1. The highest BCUT2D eigenvalue weighted by molar-refractivity contribution is 6.37. The number of hydrogen-bond acceptors (Lipinski definition) is 3. The van der Waals surface area contributed by atoms with Crippen molar-refractivity contribution in [3.63, 3.8) is 0 Å². The Balaban J connectivity index is 1.93. The van der Waals surface area contributed by atoms with E-state index in [1.807, 2.05) is 19.1 Å². The van der Waals surface area contributed by atoms with Crippen LogP contribution in [0.1, 0.15) is 26.3 Å². The highest BCUT2D eigenvalue weighted by Crippen LogP contribution is 2.33. The lowest BCUT2D eigenvalue weighted by molar-refractivity contribution is 0.0925. The summed E-state index contributed by atoms with van der Waals surface area (Å²) in [6, 6.07) is 10.4. The second kappa shape index (κ2) is 8.74. The van der Waals surface area contributed by atoms with Crippen LogP contribution in [0.2, 0.25) is 10.0 Å². The second-order valence-electron chi connectivity index (χ2n) is 5.26. The molecule has 2 amide bonds. The molecule has 0 atom stereocenters. The Hall–Kier alpha value is -2.24. The van der Waals surface area contributed by atoms with Gasteiger partial charge < -0.3 is 15.4 Å². The fourth-order valence-corrected chi connectivity index (χ4v) is 2.78. The molecule has 0 fully saturated rings. The average Bonchev–Trinajstić information content (AvgIpc) is 2.60. The lowest BCUT2D eigenvalue weighted by atomic mass is 10.1. The summed E-state index contributed by atoms with van der Waals surface area (Å²) < 4.78 is 5.15. The van der Waals surface area contributed by atoms with E-state index in [0.29, 0.717) is 10.6 Å². The van der Waals surface area contributed by atoms with Crippen LogP contribution in [-0.2, 0) is 0 Å². The van der Waals surface area contributed by atoms with Crippen LogP contribution in [0, 0.1) is 6.92 Å². The van der Waals surface area contributed by atoms with Gasteiger partial charge in [0.25, 0.3) is 11.8 Å². The molecule has 0 aliphatic carbocycles. The predicted molar refractivity (Wildman–Crippen MR) is 98.9 cm³/mol. The Bertz CT molecular complexity index is 794. The van der Waals surface area contributed by atoms with Crippen LogP contribution in [-0.4, -0.2) is 32.0 Å². The molecular weight excluding hydrogens is 363 g/mol. The molecule has 7 heteroatoms. The van der Waals surface area contributed by atoms with E-state index in [4.69, 9.17) is 27.9 Å². The third-order valence-electron chi connectivity index (χ3n) is 3.58. The van der Waals surface area contributed by atoms with Crippen LogP contribution in [0.4, 0.5) is 0 Å². The van der Waals surface area contributed by atoms with Crippen molar-refractivity contribution in [1.82, 2.24) is 10.6 Å². The SMILES string of the molecule is COc1c(Cl)ccc(Cl)c1C(=O)NCCNC(=O)c1ccccc1C. The standard InChI is InChI=1S/C18H18Cl2N2O3/c1-11-5-3-4-6-12(11)17(23)21-9-10-22-18(24)15-13(19)7-8-14(20)16(15)25-2/h3-8H,9-10H2,1-2H3,(H,21,23)(H,22,24). The zero-order chi connectivity index (χ0) is 18.4. The van der Waals surface area contributed by atoms with E-state index in [1.54, 1.807) is 18.2 Å². The maximum absolute atomic E-state index is 12.3. The van der Waals surface area contributed by atoms with Gasteiger partial charge in [0.2, 0.25) is 0 Å². The fourth-order valence-electron chi connectivity index (χ4n) is 2.31. The molecule has 0 heterocycles. The van der Waals surface area contributed by atoms with Crippen LogP contribution in [0.25, 0.3) is 0 Å². The predicted octanol–water partition coefficient (Wildman–Crippen LogP) is 3.47. The molecule has 0 unspecified atom stereocenters. The molecule has 0 spiro atoms. The number of amides is 2. The molecule has 2 aromatic rings. The normalized spacial score (nSPS) is 10.2. The maximum atomic E-state index is 12.3. The molecule has 2 rings (SSSR count). The van der Waals surface area contributed by atoms with Gasteiger partial charge in [-0.05, 0) is 30.7 Å². The van der Waals surface area contributed by atoms with Gasteiger partial charge in [-0.1, -0.05) is 41.4 Å². The minimum atomic E-state index is -0.422. The number of nitrogens with one attached hydrogen (secondary N) is 2. The van der Waals surface area contributed by atoms with Crippen LogP contribution in [0.3, 0.4) is 0 Å². The van der Waals surface area contributed by atoms with E-state index >= 15 is 0 Å². The number of rotatable bonds is 6. The van der Waals surface area contributed by atoms with Crippen molar-refractivity contribution in [2.75, 3.05) is 20.2 Å². The van der Waals surface area contributed by atoms with Gasteiger partial charge in [-0.15, -0.1) is 0 Å². The first kappa shape index (κ1) is 19.1. The average molecular weight is 381 g/mol. The third kappa shape index (κ3) is 4.65. The van der Waals surface area contributed by atoms with Crippen molar-refractivity contribution in [1.29, 1.82) is 0 Å². The second-order valence-corrected chi connectivity index (χ2v) is 6.08. The molecule has 0 aliphatic rings. The molecule has 2 aromatic carbocycles. The Morgan fingerprint density at radius 3 is 2.20 bits per heavy atom. The molecular formula is C18H18Cl2N2O3. The molecule has 0 radical (unpaired) electrons. The summed E-state index contributed by atoms with van der Waals surface area (Å²) >= 11 is 12.1. The van der Waals surface area contributed by atoms with Gasteiger partial charge in [0, 0.05) is 18.7 Å². The molecule has 2 N–H and O–H groups in total. The molecule has 0 bridgehead atoms. The van der Waals surface area contributed by atoms with Gasteiger partial charge in [-0.2, -0.15) is 0 Å². The quantitative estimate of drug-likeness (QED) is 0.753. The first-order chi connectivity index (χ1) is 12.0. The van der Waals surface area contributed by atoms with Gasteiger partial charge in [0.05, 0.1) is 17.2 Å². The highest BCUT2D eigenvalue weighted by atomic mass is 35.5. The van der Waals surface area contributed by atoms with Gasteiger partial charge in [0.1, 0.15) is 5.56 Å². The topological polar surface area (TPSA) is 67.4 Å². The number of carbonyl (C=O) groups excluding carboxylic acids is 2. The lowest BCUT2D eigenvalue weighted by Gasteiger charge is -2.13. The lowest BCUT2D eigenvalue weighted by Crippen LogP contribution is -2.35. The first-order valence-electron chi connectivity index (χ1n) is 7.59. The molecule has 0 saturated carbocycles. The number of ether oxygens (including phenoxy) is 1. The van der Waals surface area contributed by atoms with Crippen LogP contribution in [0.5, 0.6) is 5.75 Å². The fraction of sp³-hybridized carbons (Fsp3) is 0.222. The Morgan fingerprint density at radius 2 is 1.56 bits per heavy atom. The summed E-state index contributed by atoms with van der Waals surface area (Å²) in [7, 11) is 1.41. The summed E-state index contributed by atoms with van der Waals surface area (Å²) in [5.41, 5.74) is 1.66. The van der Waals surface area contributed by atoms with Crippen LogP contribution < -0.4 is 15.4 Å². The zero-order valence-corrected chi connectivity index (χ0v) is 15.4. The van der Waals surface area contributed by atoms with Crippen molar-refractivity contribution in [3.8, 4) is 5.75 Å². The molecule has 5 nitrogen and oxygen atoms in total. The van der Waals surface area contributed by atoms with E-state index in [9.17, 15) is 9.59 Å². The Kier molecular flexibility index (Phi) is 6.67. The molecule has 132 valence electrons. The number of aryl methyl sites for hydroxylation is 1. The van der Waals surface area contributed by atoms with E-state index in [-0.39, 0.29) is 35.3 Å². The minimum absolute atomic E-state index is 0.168. The smallest absolute Gasteiger partial charge is 0.256 e. The Labute approximate surface area is 156 Å². The minimum Gasteiger partial charge on any atom is -0.494 e. The van der Waals surface area contributed by atoms with Gasteiger partial charge in [0.15, 0.2) is 5.75 Å². The largest absolute Gasteiger partial charge is 0.494 e. The number of hydrogen-bond donors (Lipinski definition) is 2. The van der Waals surface area contributed by atoms with Crippen molar-refractivity contribution in [2.24, 2.45) is 0 Å². The van der Waals surface area contributed by atoms with E-state index in [2.05, 4.69) is 10.6 Å². The number of halogens is 2. The van der Waals surface area contributed by atoms with Crippen molar-refractivity contribution >= 4 is 35.0 Å². The number of benzene rings is 2. The first-order valence-corrected chi connectivity index (χ1v) is 8.35. The molecule has 25 heavy (non-hydrogen) atoms. The highest BCUT2D eigenvalue weighted by Gasteiger charge is 2.19. The van der Waals surface area contributed by atoms with Gasteiger partial charge >= 0.3 is 0 Å². The van der Waals surface area contributed by atoms with Gasteiger partial charge in [-0.25, -0.2) is 0 Å². The van der Waals surface area contributed by atoms with E-state index < -0.39 is 5.91 Å². The molecule has 0 aliphatic heterocycles. The Morgan fingerprint density at radius 1 is 0.960 bits per heavy atom. The third-order valence-corrected chi connectivity index (χ3v) is 4.19. The van der Waals surface area contributed by atoms with E-state index in [1.165, 1.54) is 13.2 Å². The van der Waals surface area contributed by atoms with Crippen molar-refractivity contribution < 1.29 is 14.3 Å². The summed E-state index contributed by atoms with van der Waals surface area (Å²) in [6.07, 6.45) is 0. The molecule has 0 aromatic heterocycles. The monoisotopic (exact) mass is 380 g/mol. The molecule has 0 saturated heterocycles.